The summed E-state index contributed by atoms with van der Waals surface area (Å²) in [4.78, 5) is 35.1. The Balaban J connectivity index is 1.21. The number of hydrogen-bond acceptors (Lipinski definition) is 9. The van der Waals surface area contributed by atoms with Crippen molar-refractivity contribution in [2.75, 3.05) is 44.7 Å². The monoisotopic (exact) mass is 725 g/mol. The molecule has 280 valence electrons. The Morgan fingerprint density at radius 3 is 2.75 bits per heavy atom. The minimum Gasteiger partial charge on any atom is -0.461 e. The first-order chi connectivity index (χ1) is 25.4. The standard InChI is InChI=1S/C41H49F2N7O3/c1-6-31-33(43)11-10-28-19-41(4,52)21-35(37(28)31)48-18-14-32-34(25-48)45-39(46-38(32)47(5)24-30-9-8-17-50(30)36(51)7-2)53-26-40(3)20-29(42)23-49(40)22-27-12-15-44-16-13-27/h1,7,10-13,15-16,29-30,35,52H,2,8-9,14,17-26H2,3-5H3/t29-,30+,35-,40+,41+/m1/s1. The van der Waals surface area contributed by atoms with Crippen LogP contribution in [0.5, 0.6) is 6.01 Å². The fourth-order valence-electron chi connectivity index (χ4n) is 8.99. The molecular formula is C41H49F2N7O3. The first-order valence-corrected chi connectivity index (χ1v) is 18.6. The van der Waals surface area contributed by atoms with Gasteiger partial charge in [0.1, 0.15) is 24.4 Å². The van der Waals surface area contributed by atoms with E-state index in [9.17, 15) is 9.90 Å². The van der Waals surface area contributed by atoms with Crippen LogP contribution < -0.4 is 9.64 Å². The molecule has 3 aliphatic heterocycles. The molecule has 5 atom stereocenters. The van der Waals surface area contributed by atoms with Crippen LogP contribution in [-0.2, 0) is 30.7 Å². The molecule has 1 N–H and O–H groups in total. The third kappa shape index (κ3) is 7.52. The second-order valence-corrected chi connectivity index (χ2v) is 15.7. The molecule has 1 amide bonds. The van der Waals surface area contributed by atoms with Crippen molar-refractivity contribution in [1.29, 1.82) is 0 Å². The summed E-state index contributed by atoms with van der Waals surface area (Å²) < 4.78 is 36.6. The number of ether oxygens (including phenoxy) is 1. The Labute approximate surface area is 310 Å². The molecule has 0 unspecified atom stereocenters. The number of carbonyl (C=O) groups excluding carboxylic acids is 1. The zero-order chi connectivity index (χ0) is 37.5. The number of carbonyl (C=O) groups is 1. The molecule has 2 saturated heterocycles. The van der Waals surface area contributed by atoms with Crippen LogP contribution in [0.15, 0.2) is 49.3 Å². The van der Waals surface area contributed by atoms with Gasteiger partial charge in [0.15, 0.2) is 0 Å². The number of pyridine rings is 1. The molecule has 10 nitrogen and oxygen atoms in total. The van der Waals surface area contributed by atoms with Gasteiger partial charge < -0.3 is 19.6 Å². The minimum absolute atomic E-state index is 0.000688. The van der Waals surface area contributed by atoms with Crippen molar-refractivity contribution >= 4 is 11.7 Å². The van der Waals surface area contributed by atoms with Gasteiger partial charge in [0.05, 0.1) is 22.4 Å². The maximum atomic E-state index is 15.1. The number of aromatic nitrogens is 3. The van der Waals surface area contributed by atoms with E-state index in [1.165, 1.54) is 12.1 Å². The van der Waals surface area contributed by atoms with Gasteiger partial charge in [-0.2, -0.15) is 9.97 Å². The lowest BCUT2D eigenvalue weighted by molar-refractivity contribution is -0.126. The predicted octanol–water partition coefficient (Wildman–Crippen LogP) is 4.78. The smallest absolute Gasteiger partial charge is 0.318 e. The van der Waals surface area contributed by atoms with E-state index in [4.69, 9.17) is 21.1 Å². The number of hydrogen-bond donors (Lipinski definition) is 1. The number of rotatable bonds is 10. The van der Waals surface area contributed by atoms with E-state index in [2.05, 4.69) is 32.2 Å². The number of anilines is 1. The quantitative estimate of drug-likeness (QED) is 0.234. The minimum atomic E-state index is -1.00. The predicted molar refractivity (Wildman–Crippen MR) is 198 cm³/mol. The summed E-state index contributed by atoms with van der Waals surface area (Å²) >= 11 is 0. The first-order valence-electron chi connectivity index (χ1n) is 18.6. The molecule has 7 rings (SSSR count). The van der Waals surface area contributed by atoms with Crippen molar-refractivity contribution < 1.29 is 23.4 Å². The van der Waals surface area contributed by atoms with Crippen molar-refractivity contribution in [1.82, 2.24) is 29.7 Å². The number of terminal acetylenes is 1. The number of halogens is 2. The molecule has 0 spiro atoms. The normalized spacial score (nSPS) is 27.2. The fourth-order valence-corrected chi connectivity index (χ4v) is 8.99. The summed E-state index contributed by atoms with van der Waals surface area (Å²) in [5.74, 6) is 2.79. The van der Waals surface area contributed by atoms with E-state index in [0.717, 1.165) is 46.6 Å². The van der Waals surface area contributed by atoms with Crippen molar-refractivity contribution in [3.8, 4) is 18.4 Å². The second kappa shape index (κ2) is 14.8. The molecule has 0 saturated carbocycles. The van der Waals surface area contributed by atoms with E-state index in [1.807, 2.05) is 37.9 Å². The average Bonchev–Trinajstić information content (AvgIpc) is 3.72. The maximum absolute atomic E-state index is 15.1. The summed E-state index contributed by atoms with van der Waals surface area (Å²) in [6.07, 6.45) is 13.2. The van der Waals surface area contributed by atoms with Gasteiger partial charge in [0, 0.05) is 89.2 Å². The molecule has 3 aromatic rings. The van der Waals surface area contributed by atoms with Crippen LogP contribution in [0.1, 0.15) is 79.1 Å². The zero-order valence-corrected chi connectivity index (χ0v) is 30.9. The van der Waals surface area contributed by atoms with E-state index in [-0.39, 0.29) is 36.2 Å². The number of nitrogens with zero attached hydrogens (tertiary/aromatic N) is 7. The van der Waals surface area contributed by atoms with Gasteiger partial charge in [-0.15, -0.1) is 6.42 Å². The van der Waals surface area contributed by atoms with Crippen molar-refractivity contribution in [3.63, 3.8) is 0 Å². The van der Waals surface area contributed by atoms with Gasteiger partial charge in [0.2, 0.25) is 5.91 Å². The Bertz CT molecular complexity index is 1900. The SMILES string of the molecule is C#Cc1c(F)ccc2c1[C@H](N1CCc3c(nc(OC[C@]4(C)C[C@@H](F)CN4Cc4ccncc4)nc3N(C)C[C@@H]3CCCN3C(=O)C=C)C1)C[C@@](C)(O)C2. The lowest BCUT2D eigenvalue weighted by Crippen LogP contribution is -2.46. The highest BCUT2D eigenvalue weighted by Gasteiger charge is 2.44. The van der Waals surface area contributed by atoms with Crippen LogP contribution >= 0.6 is 0 Å². The van der Waals surface area contributed by atoms with Gasteiger partial charge in [-0.05, 0) is 80.5 Å². The number of alkyl halides is 1. The average molecular weight is 726 g/mol. The van der Waals surface area contributed by atoms with E-state index in [0.29, 0.717) is 65.0 Å². The fraction of sp³-hybridized carbons (Fsp3) is 0.512. The highest BCUT2D eigenvalue weighted by atomic mass is 19.1. The number of fused-ring (bicyclic) bond motifs is 2. The molecule has 12 heteroatoms. The molecule has 2 fully saturated rings. The van der Waals surface area contributed by atoms with Crippen molar-refractivity contribution in [2.45, 2.75) is 94.9 Å². The van der Waals surface area contributed by atoms with Gasteiger partial charge in [-0.25, -0.2) is 8.78 Å². The summed E-state index contributed by atoms with van der Waals surface area (Å²) in [6, 6.07) is 6.86. The number of likely N-dealkylation sites (N-methyl/N-ethyl adjacent to an activating group) is 1. The van der Waals surface area contributed by atoms with Crippen LogP contribution in [-0.4, -0.2) is 104 Å². The van der Waals surface area contributed by atoms with Gasteiger partial charge >= 0.3 is 6.01 Å². The summed E-state index contributed by atoms with van der Waals surface area (Å²) in [5, 5.41) is 11.4. The molecule has 2 aromatic heterocycles. The molecule has 0 bridgehead atoms. The van der Waals surface area contributed by atoms with Gasteiger partial charge in [-0.1, -0.05) is 18.6 Å². The van der Waals surface area contributed by atoms with Gasteiger partial charge in [0.25, 0.3) is 0 Å². The Morgan fingerprint density at radius 2 is 2.00 bits per heavy atom. The molecule has 1 aromatic carbocycles. The van der Waals surface area contributed by atoms with Crippen LogP contribution in [0.4, 0.5) is 14.6 Å². The number of amides is 1. The molecule has 0 radical (unpaired) electrons. The van der Waals surface area contributed by atoms with E-state index < -0.39 is 23.1 Å². The number of likely N-dealkylation sites (tertiary alicyclic amines) is 2. The van der Waals surface area contributed by atoms with Crippen molar-refractivity contribution in [3.05, 3.63) is 88.6 Å². The lowest BCUT2D eigenvalue weighted by Gasteiger charge is -2.44. The third-order valence-corrected chi connectivity index (χ3v) is 11.6. The summed E-state index contributed by atoms with van der Waals surface area (Å²) in [7, 11) is 1.98. The summed E-state index contributed by atoms with van der Waals surface area (Å²) in [6.45, 7) is 10.8. The zero-order valence-electron chi connectivity index (χ0n) is 30.9. The van der Waals surface area contributed by atoms with Crippen LogP contribution in [0.3, 0.4) is 0 Å². The van der Waals surface area contributed by atoms with Crippen molar-refractivity contribution in [2.24, 2.45) is 0 Å². The topological polar surface area (TPSA) is 98.2 Å². The molecular weight excluding hydrogens is 676 g/mol. The molecule has 4 aliphatic rings. The Hall–Kier alpha value is -4.44. The Kier molecular flexibility index (Phi) is 10.3. The molecule has 53 heavy (non-hydrogen) atoms. The van der Waals surface area contributed by atoms with Gasteiger partial charge in [-0.3, -0.25) is 19.6 Å². The van der Waals surface area contributed by atoms with E-state index in [1.54, 1.807) is 18.5 Å². The number of aliphatic hydroxyl groups is 1. The van der Waals surface area contributed by atoms with Crippen LogP contribution in [0, 0.1) is 18.2 Å². The largest absolute Gasteiger partial charge is 0.461 e. The molecule has 5 heterocycles. The van der Waals surface area contributed by atoms with E-state index >= 15 is 8.78 Å². The summed E-state index contributed by atoms with van der Waals surface area (Å²) in [5.41, 5.74) is 3.02. The maximum Gasteiger partial charge on any atom is 0.318 e. The highest BCUT2D eigenvalue weighted by Crippen LogP contribution is 2.44. The Morgan fingerprint density at radius 1 is 1.21 bits per heavy atom. The second-order valence-electron chi connectivity index (χ2n) is 15.7. The van der Waals surface area contributed by atoms with Crippen LogP contribution in [0.25, 0.3) is 0 Å². The highest BCUT2D eigenvalue weighted by molar-refractivity contribution is 5.87. The first kappa shape index (κ1) is 36.9. The van der Waals surface area contributed by atoms with Crippen LogP contribution in [0.2, 0.25) is 0 Å². The third-order valence-electron chi connectivity index (χ3n) is 11.6. The lowest BCUT2D eigenvalue weighted by atomic mass is 9.75. The molecule has 1 aliphatic carbocycles. The number of benzene rings is 1.